The van der Waals surface area contributed by atoms with Gasteiger partial charge in [0.15, 0.2) is 11.9 Å². The fraction of sp³-hybridized carbons (Fsp3) is 0.350. The van der Waals surface area contributed by atoms with Gasteiger partial charge < -0.3 is 10.1 Å². The van der Waals surface area contributed by atoms with Crippen LogP contribution in [-0.4, -0.2) is 29.4 Å². The Morgan fingerprint density at radius 3 is 3.00 bits per heavy atom. The van der Waals surface area contributed by atoms with Crippen molar-refractivity contribution in [2.24, 2.45) is 0 Å². The Hall–Kier alpha value is -2.89. The number of amides is 2. The fourth-order valence-electron chi connectivity index (χ4n) is 3.57. The summed E-state index contributed by atoms with van der Waals surface area (Å²) in [5.41, 5.74) is 3.21. The number of nitrogens with one attached hydrogen (secondary N) is 1. The van der Waals surface area contributed by atoms with Crippen LogP contribution in [0.3, 0.4) is 0 Å². The number of aryl methyl sites for hydroxylation is 2. The lowest BCUT2D eigenvalue weighted by molar-refractivity contribution is -0.127. The molecule has 0 saturated carbocycles. The summed E-state index contributed by atoms with van der Waals surface area (Å²) in [5.74, 6) is 0.690. The number of benzene rings is 1. The van der Waals surface area contributed by atoms with E-state index in [0.29, 0.717) is 23.7 Å². The lowest BCUT2D eigenvalue weighted by Gasteiger charge is -2.30. The summed E-state index contributed by atoms with van der Waals surface area (Å²) in [5, 5.41) is 2.74. The number of ether oxygens (including phenoxy) is 1. The van der Waals surface area contributed by atoms with Gasteiger partial charge in [-0.15, -0.1) is 0 Å². The molecule has 0 saturated heterocycles. The first-order valence-corrected chi connectivity index (χ1v) is 9.00. The molecule has 0 fully saturated rings. The Morgan fingerprint density at radius 1 is 1.31 bits per heavy atom. The Labute approximate surface area is 152 Å². The molecule has 0 radical (unpaired) electrons. The van der Waals surface area contributed by atoms with E-state index in [1.807, 2.05) is 19.1 Å². The number of nitrogens with zero attached hydrogens (tertiary/aromatic N) is 2. The van der Waals surface area contributed by atoms with E-state index in [1.165, 1.54) is 22.4 Å². The van der Waals surface area contributed by atoms with Crippen molar-refractivity contribution in [2.45, 2.75) is 38.7 Å². The normalized spacial score (nSPS) is 16.5. The molecule has 1 aromatic carbocycles. The van der Waals surface area contributed by atoms with Gasteiger partial charge in [0, 0.05) is 6.20 Å². The molecule has 1 aromatic heterocycles. The molecule has 1 aliphatic carbocycles. The molecule has 0 spiro atoms. The topological polar surface area (TPSA) is 71.5 Å². The molecule has 2 aliphatic rings. The van der Waals surface area contributed by atoms with Crippen LogP contribution in [0.4, 0.5) is 11.5 Å². The van der Waals surface area contributed by atoms with Crippen molar-refractivity contribution in [3.05, 3.63) is 47.7 Å². The SMILES string of the molecule is CCC(Oc1ccc2c(c1)CCC2)C(=O)N1CC(=O)Nc2cccnc21. The lowest BCUT2D eigenvalue weighted by Crippen LogP contribution is -2.48. The molecule has 0 bridgehead atoms. The summed E-state index contributed by atoms with van der Waals surface area (Å²) in [6.07, 6.45) is 4.79. The van der Waals surface area contributed by atoms with Gasteiger partial charge >= 0.3 is 0 Å². The van der Waals surface area contributed by atoms with Crippen LogP contribution in [0.2, 0.25) is 0 Å². The first-order valence-electron chi connectivity index (χ1n) is 9.00. The van der Waals surface area contributed by atoms with Crippen LogP contribution < -0.4 is 15.0 Å². The molecular formula is C20H21N3O3. The molecule has 2 heterocycles. The Morgan fingerprint density at radius 2 is 2.15 bits per heavy atom. The quantitative estimate of drug-likeness (QED) is 0.919. The van der Waals surface area contributed by atoms with Crippen LogP contribution in [-0.2, 0) is 22.4 Å². The zero-order valence-electron chi connectivity index (χ0n) is 14.7. The number of carbonyl (C=O) groups excluding carboxylic acids is 2. The van der Waals surface area contributed by atoms with Crippen molar-refractivity contribution in [3.63, 3.8) is 0 Å². The summed E-state index contributed by atoms with van der Waals surface area (Å²) < 4.78 is 6.00. The van der Waals surface area contributed by atoms with E-state index in [9.17, 15) is 9.59 Å². The van der Waals surface area contributed by atoms with Crippen LogP contribution in [0.1, 0.15) is 30.9 Å². The molecule has 2 amide bonds. The Kier molecular flexibility index (Phi) is 4.32. The minimum Gasteiger partial charge on any atom is -0.481 e. The molecule has 1 atom stereocenters. The summed E-state index contributed by atoms with van der Waals surface area (Å²) in [6.45, 7) is 1.85. The van der Waals surface area contributed by atoms with Gasteiger partial charge in [-0.3, -0.25) is 14.5 Å². The molecule has 1 aliphatic heterocycles. The van der Waals surface area contributed by atoms with Crippen molar-refractivity contribution in [1.29, 1.82) is 0 Å². The van der Waals surface area contributed by atoms with Crippen LogP contribution >= 0.6 is 0 Å². The molecule has 134 valence electrons. The smallest absolute Gasteiger partial charge is 0.269 e. The number of carbonyl (C=O) groups is 2. The molecule has 2 aromatic rings. The third-order valence-corrected chi connectivity index (χ3v) is 4.88. The van der Waals surface area contributed by atoms with E-state index >= 15 is 0 Å². The van der Waals surface area contributed by atoms with Crippen LogP contribution in [0, 0.1) is 0 Å². The molecule has 6 nitrogen and oxygen atoms in total. The van der Waals surface area contributed by atoms with E-state index in [0.717, 1.165) is 12.8 Å². The van der Waals surface area contributed by atoms with Crippen LogP contribution in [0.5, 0.6) is 5.75 Å². The second-order valence-electron chi connectivity index (χ2n) is 6.65. The van der Waals surface area contributed by atoms with E-state index in [-0.39, 0.29) is 18.4 Å². The predicted octanol–water partition coefficient (Wildman–Crippen LogP) is 2.71. The molecule has 26 heavy (non-hydrogen) atoms. The minimum absolute atomic E-state index is 0.0487. The third kappa shape index (κ3) is 3.03. The van der Waals surface area contributed by atoms with Crippen molar-refractivity contribution < 1.29 is 14.3 Å². The monoisotopic (exact) mass is 351 g/mol. The zero-order valence-corrected chi connectivity index (χ0v) is 14.7. The highest BCUT2D eigenvalue weighted by atomic mass is 16.5. The van der Waals surface area contributed by atoms with Crippen molar-refractivity contribution in [3.8, 4) is 5.75 Å². The fourth-order valence-corrected chi connectivity index (χ4v) is 3.57. The van der Waals surface area contributed by atoms with Crippen molar-refractivity contribution >= 4 is 23.3 Å². The number of anilines is 2. The Bertz CT molecular complexity index is 865. The maximum atomic E-state index is 13.1. The summed E-state index contributed by atoms with van der Waals surface area (Å²) in [4.78, 5) is 30.7. The zero-order chi connectivity index (χ0) is 18.1. The van der Waals surface area contributed by atoms with Gasteiger partial charge in [0.05, 0.1) is 5.69 Å². The summed E-state index contributed by atoms with van der Waals surface area (Å²) >= 11 is 0. The van der Waals surface area contributed by atoms with Crippen LogP contribution in [0.25, 0.3) is 0 Å². The van der Waals surface area contributed by atoms with Gasteiger partial charge in [-0.05, 0) is 61.1 Å². The maximum Gasteiger partial charge on any atom is 0.269 e. The number of rotatable bonds is 4. The number of hydrogen-bond acceptors (Lipinski definition) is 4. The number of pyridine rings is 1. The molecular weight excluding hydrogens is 330 g/mol. The van der Waals surface area contributed by atoms with Gasteiger partial charge in [0.25, 0.3) is 5.91 Å². The lowest BCUT2D eigenvalue weighted by atomic mass is 10.1. The van der Waals surface area contributed by atoms with E-state index in [2.05, 4.69) is 16.4 Å². The molecule has 4 rings (SSSR count). The van der Waals surface area contributed by atoms with Gasteiger partial charge in [-0.25, -0.2) is 4.98 Å². The number of aromatic nitrogens is 1. The largest absolute Gasteiger partial charge is 0.481 e. The minimum atomic E-state index is -0.657. The first-order chi connectivity index (χ1) is 12.7. The number of hydrogen-bond donors (Lipinski definition) is 1. The van der Waals surface area contributed by atoms with Gasteiger partial charge in [0.2, 0.25) is 5.91 Å². The number of fused-ring (bicyclic) bond motifs is 2. The highest BCUT2D eigenvalue weighted by Gasteiger charge is 2.33. The van der Waals surface area contributed by atoms with Gasteiger partial charge in [0.1, 0.15) is 12.3 Å². The van der Waals surface area contributed by atoms with Crippen molar-refractivity contribution in [1.82, 2.24) is 4.98 Å². The molecule has 6 heteroatoms. The van der Waals surface area contributed by atoms with E-state index in [4.69, 9.17) is 4.74 Å². The summed E-state index contributed by atoms with van der Waals surface area (Å²) in [7, 11) is 0. The Balaban J connectivity index is 1.57. The van der Waals surface area contributed by atoms with E-state index < -0.39 is 6.10 Å². The second kappa shape index (κ2) is 6.78. The van der Waals surface area contributed by atoms with Crippen LogP contribution in [0.15, 0.2) is 36.5 Å². The second-order valence-corrected chi connectivity index (χ2v) is 6.65. The maximum absolute atomic E-state index is 13.1. The van der Waals surface area contributed by atoms with Crippen molar-refractivity contribution in [2.75, 3.05) is 16.8 Å². The van der Waals surface area contributed by atoms with Gasteiger partial charge in [-0.2, -0.15) is 0 Å². The average Bonchev–Trinajstić information content (AvgIpc) is 3.12. The highest BCUT2D eigenvalue weighted by molar-refractivity contribution is 6.10. The third-order valence-electron chi connectivity index (χ3n) is 4.88. The average molecular weight is 351 g/mol. The molecule has 1 unspecified atom stereocenters. The van der Waals surface area contributed by atoms with E-state index in [1.54, 1.807) is 18.3 Å². The standard InChI is InChI=1S/C20H21N3O3/c1-2-17(26-15-9-8-13-5-3-6-14(13)11-15)20(25)23-12-18(24)22-16-7-4-10-21-19(16)23/h4,7-11,17H,2-3,5-6,12H2,1H3,(H,22,24). The van der Waals surface area contributed by atoms with Gasteiger partial charge in [-0.1, -0.05) is 13.0 Å². The highest BCUT2D eigenvalue weighted by Crippen LogP contribution is 2.29. The molecule has 1 N–H and O–H groups in total. The summed E-state index contributed by atoms with van der Waals surface area (Å²) in [6, 6.07) is 9.51. The predicted molar refractivity (Wildman–Crippen MR) is 98.4 cm³/mol. The first kappa shape index (κ1) is 16.6.